The Labute approximate surface area is 157 Å². The summed E-state index contributed by atoms with van der Waals surface area (Å²) in [5, 5.41) is 7.32. The molecule has 2 heterocycles. The number of carbonyl (C=O) groups is 2. The van der Waals surface area contributed by atoms with Crippen LogP contribution in [0.2, 0.25) is 0 Å². The molecule has 1 aliphatic rings. The van der Waals surface area contributed by atoms with E-state index in [1.54, 1.807) is 17.7 Å². The number of hydrogen-bond acceptors (Lipinski definition) is 3. The monoisotopic (exact) mass is 360 g/mol. The second kappa shape index (κ2) is 6.09. The van der Waals surface area contributed by atoms with E-state index >= 15 is 0 Å². The molecule has 0 saturated carbocycles. The number of rotatable bonds is 3. The molecule has 1 aromatic heterocycles. The number of aromatic nitrogens is 2. The van der Waals surface area contributed by atoms with Crippen LogP contribution in [0, 0.1) is 13.8 Å². The molecular weight excluding hydrogens is 340 g/mol. The van der Waals surface area contributed by atoms with Gasteiger partial charge >= 0.3 is 6.03 Å². The average Bonchev–Trinajstić information content (AvgIpc) is 3.14. The summed E-state index contributed by atoms with van der Waals surface area (Å²) in [4.78, 5) is 26.9. The predicted molar refractivity (Wildman–Crippen MR) is 103 cm³/mol. The molecule has 1 aliphatic heterocycles. The summed E-state index contributed by atoms with van der Waals surface area (Å²) in [5.41, 5.74) is 2.49. The number of nitrogens with zero attached hydrogens (tertiary/aromatic N) is 3. The van der Waals surface area contributed by atoms with Crippen LogP contribution in [0.25, 0.3) is 5.69 Å². The Morgan fingerprint density at radius 2 is 1.63 bits per heavy atom. The molecule has 1 unspecified atom stereocenters. The van der Waals surface area contributed by atoms with Crippen LogP contribution < -0.4 is 10.2 Å². The van der Waals surface area contributed by atoms with Crippen molar-refractivity contribution in [3.05, 3.63) is 77.5 Å². The highest BCUT2D eigenvalue weighted by Crippen LogP contribution is 2.32. The highest BCUT2D eigenvalue weighted by Gasteiger charge is 2.50. The molecule has 136 valence electrons. The fourth-order valence-corrected chi connectivity index (χ4v) is 3.33. The molecule has 1 saturated heterocycles. The summed E-state index contributed by atoms with van der Waals surface area (Å²) in [6.45, 7) is 5.63. The van der Waals surface area contributed by atoms with E-state index in [1.165, 1.54) is 0 Å². The van der Waals surface area contributed by atoms with E-state index in [2.05, 4.69) is 10.4 Å². The molecule has 6 heteroatoms. The molecule has 4 rings (SSSR count). The molecule has 2 aromatic carbocycles. The number of anilines is 1. The van der Waals surface area contributed by atoms with Gasteiger partial charge in [0.2, 0.25) is 0 Å². The third-order valence-electron chi connectivity index (χ3n) is 4.92. The lowest BCUT2D eigenvalue weighted by molar-refractivity contribution is -0.121. The van der Waals surface area contributed by atoms with Gasteiger partial charge in [0.1, 0.15) is 5.54 Å². The Kier molecular flexibility index (Phi) is 3.84. The van der Waals surface area contributed by atoms with Crippen LogP contribution in [0.15, 0.2) is 60.7 Å². The molecule has 0 radical (unpaired) electrons. The third-order valence-corrected chi connectivity index (χ3v) is 4.92. The van der Waals surface area contributed by atoms with Crippen molar-refractivity contribution in [2.45, 2.75) is 26.3 Å². The molecule has 6 nitrogen and oxygen atoms in total. The molecule has 0 bridgehead atoms. The first kappa shape index (κ1) is 17.0. The van der Waals surface area contributed by atoms with E-state index in [0.29, 0.717) is 5.82 Å². The zero-order valence-corrected chi connectivity index (χ0v) is 15.4. The highest BCUT2D eigenvalue weighted by atomic mass is 16.2. The van der Waals surface area contributed by atoms with E-state index < -0.39 is 11.6 Å². The molecule has 1 fully saturated rings. The maximum atomic E-state index is 13.1. The molecule has 3 amide bonds. The summed E-state index contributed by atoms with van der Waals surface area (Å²) in [7, 11) is 0. The number of imide groups is 1. The van der Waals surface area contributed by atoms with Crippen molar-refractivity contribution in [1.29, 1.82) is 0 Å². The van der Waals surface area contributed by atoms with Gasteiger partial charge < -0.3 is 5.32 Å². The van der Waals surface area contributed by atoms with Gasteiger partial charge in [0.15, 0.2) is 5.82 Å². The Balaban J connectivity index is 1.72. The standard InChI is InChI=1S/C21H20N4O2/c1-14-9-11-17(12-10-14)25-15(2)13-18(23-25)24-19(26)21(3,22-20(24)27)16-7-5-4-6-8-16/h4-13H,1-3H3,(H,22,27). The second-order valence-corrected chi connectivity index (χ2v) is 6.95. The van der Waals surface area contributed by atoms with Gasteiger partial charge in [-0.05, 0) is 38.5 Å². The fourth-order valence-electron chi connectivity index (χ4n) is 3.33. The summed E-state index contributed by atoms with van der Waals surface area (Å²) in [6, 6.07) is 18.4. The summed E-state index contributed by atoms with van der Waals surface area (Å²) < 4.78 is 1.73. The second-order valence-electron chi connectivity index (χ2n) is 6.95. The smallest absolute Gasteiger partial charge is 0.319 e. The zero-order valence-electron chi connectivity index (χ0n) is 15.4. The van der Waals surface area contributed by atoms with Crippen molar-refractivity contribution < 1.29 is 9.59 Å². The summed E-state index contributed by atoms with van der Waals surface area (Å²) in [5.74, 6) is -0.0255. The van der Waals surface area contributed by atoms with E-state index in [9.17, 15) is 9.59 Å². The first-order valence-corrected chi connectivity index (χ1v) is 8.76. The van der Waals surface area contributed by atoms with Crippen molar-refractivity contribution in [1.82, 2.24) is 15.1 Å². The van der Waals surface area contributed by atoms with Crippen molar-refractivity contribution >= 4 is 17.8 Å². The molecule has 3 aromatic rings. The van der Waals surface area contributed by atoms with Crippen LogP contribution in [0.3, 0.4) is 0 Å². The molecule has 1 atom stereocenters. The molecular formula is C21H20N4O2. The predicted octanol–water partition coefficient (Wildman–Crippen LogP) is 3.46. The molecule has 1 N–H and O–H groups in total. The van der Waals surface area contributed by atoms with Crippen LogP contribution >= 0.6 is 0 Å². The third kappa shape index (κ3) is 2.70. The average molecular weight is 360 g/mol. The minimum Gasteiger partial charge on any atom is -0.319 e. The van der Waals surface area contributed by atoms with Gasteiger partial charge in [-0.15, -0.1) is 5.10 Å². The van der Waals surface area contributed by atoms with Gasteiger partial charge in [-0.2, -0.15) is 0 Å². The fraction of sp³-hybridized carbons (Fsp3) is 0.190. The summed E-state index contributed by atoms with van der Waals surface area (Å²) >= 11 is 0. The first-order chi connectivity index (χ1) is 12.9. The molecule has 27 heavy (non-hydrogen) atoms. The Hall–Kier alpha value is -3.41. The normalized spacial score (nSPS) is 19.4. The number of carbonyl (C=O) groups excluding carboxylic acids is 2. The minimum atomic E-state index is -1.11. The van der Waals surface area contributed by atoms with E-state index in [4.69, 9.17) is 0 Å². The number of hydrogen-bond donors (Lipinski definition) is 1. The lowest BCUT2D eigenvalue weighted by Gasteiger charge is -2.21. The van der Waals surface area contributed by atoms with E-state index in [0.717, 1.165) is 27.4 Å². The van der Waals surface area contributed by atoms with Crippen molar-refractivity contribution in [3.8, 4) is 5.69 Å². The number of urea groups is 1. The van der Waals surface area contributed by atoms with Gasteiger partial charge in [-0.3, -0.25) is 4.79 Å². The van der Waals surface area contributed by atoms with Crippen LogP contribution in [-0.4, -0.2) is 21.7 Å². The summed E-state index contributed by atoms with van der Waals surface area (Å²) in [6.07, 6.45) is 0. The van der Waals surface area contributed by atoms with Crippen LogP contribution in [0.1, 0.15) is 23.7 Å². The van der Waals surface area contributed by atoms with Gasteiger partial charge in [0.25, 0.3) is 5.91 Å². The quantitative estimate of drug-likeness (QED) is 0.728. The molecule has 0 aliphatic carbocycles. The highest BCUT2D eigenvalue weighted by molar-refractivity contribution is 6.22. The van der Waals surface area contributed by atoms with E-state index in [1.807, 2.05) is 68.4 Å². The van der Waals surface area contributed by atoms with Crippen LogP contribution in [-0.2, 0) is 10.3 Å². The van der Waals surface area contributed by atoms with Crippen LogP contribution in [0.5, 0.6) is 0 Å². The Morgan fingerprint density at radius 1 is 0.963 bits per heavy atom. The van der Waals surface area contributed by atoms with Gasteiger partial charge in [0.05, 0.1) is 5.69 Å². The lowest BCUT2D eigenvalue weighted by atomic mass is 9.92. The zero-order chi connectivity index (χ0) is 19.2. The van der Waals surface area contributed by atoms with Crippen molar-refractivity contribution in [3.63, 3.8) is 0 Å². The lowest BCUT2D eigenvalue weighted by Crippen LogP contribution is -2.40. The number of aryl methyl sites for hydroxylation is 2. The molecule has 0 spiro atoms. The van der Waals surface area contributed by atoms with Crippen LogP contribution in [0.4, 0.5) is 10.6 Å². The van der Waals surface area contributed by atoms with Gasteiger partial charge in [0, 0.05) is 11.8 Å². The SMILES string of the molecule is Cc1ccc(-n2nc(N3C(=O)NC(C)(c4ccccc4)C3=O)cc2C)cc1. The van der Waals surface area contributed by atoms with Gasteiger partial charge in [-0.25, -0.2) is 14.4 Å². The number of amides is 3. The first-order valence-electron chi connectivity index (χ1n) is 8.76. The maximum absolute atomic E-state index is 13.1. The Bertz CT molecular complexity index is 1020. The van der Waals surface area contributed by atoms with Crippen molar-refractivity contribution in [2.75, 3.05) is 4.90 Å². The largest absolute Gasteiger partial charge is 0.331 e. The van der Waals surface area contributed by atoms with Gasteiger partial charge in [-0.1, -0.05) is 48.0 Å². The minimum absolute atomic E-state index is 0.315. The topological polar surface area (TPSA) is 67.2 Å². The number of benzene rings is 2. The van der Waals surface area contributed by atoms with Crippen molar-refractivity contribution in [2.24, 2.45) is 0 Å². The number of nitrogens with one attached hydrogen (secondary N) is 1. The Morgan fingerprint density at radius 3 is 2.30 bits per heavy atom. The van der Waals surface area contributed by atoms with E-state index in [-0.39, 0.29) is 5.91 Å². The maximum Gasteiger partial charge on any atom is 0.331 e.